The van der Waals surface area contributed by atoms with E-state index in [1.54, 1.807) is 33.8 Å². The molecular weight excluding hydrogens is 706 g/mol. The van der Waals surface area contributed by atoms with Gasteiger partial charge in [-0.05, 0) is 18.1 Å². The number of hydrogen-bond donors (Lipinski definition) is 5. The van der Waals surface area contributed by atoms with Gasteiger partial charge < -0.3 is 50.3 Å². The zero-order valence-corrected chi connectivity index (χ0v) is 32.6. The smallest absolute Gasteiger partial charge is 0.308 e. The lowest BCUT2D eigenvalue weighted by Crippen LogP contribution is -2.52. The maximum Gasteiger partial charge on any atom is 0.308 e. The number of carbonyl (C=O) groups excluding carboxylic acids is 7. The van der Waals surface area contributed by atoms with Crippen LogP contribution in [0.4, 0.5) is 5.69 Å². The molecule has 304 valence electrons. The van der Waals surface area contributed by atoms with E-state index in [0.717, 1.165) is 0 Å². The molecule has 5 N–H and O–H groups in total. The van der Waals surface area contributed by atoms with Crippen molar-refractivity contribution in [2.75, 3.05) is 78.3 Å². The fourth-order valence-electron chi connectivity index (χ4n) is 4.34. The molecule has 0 saturated carbocycles. The topological polar surface area (TPSA) is 226 Å². The first-order chi connectivity index (χ1) is 25.7. The number of ether oxygens (including phenoxy) is 5. The predicted octanol–water partition coefficient (Wildman–Crippen LogP) is 1.13. The number of hydrogen-bond acceptors (Lipinski definition) is 12. The molecule has 1 atom stereocenters. The zero-order chi connectivity index (χ0) is 40.5. The largest absolute Gasteiger partial charge is 0.461 e. The molecule has 0 spiro atoms. The summed E-state index contributed by atoms with van der Waals surface area (Å²) in [6.07, 6.45) is 0.413. The van der Waals surface area contributed by atoms with E-state index in [1.807, 2.05) is 13.8 Å². The van der Waals surface area contributed by atoms with Crippen molar-refractivity contribution >= 4 is 47.0 Å². The van der Waals surface area contributed by atoms with Crippen molar-refractivity contribution in [2.24, 2.45) is 17.8 Å². The molecular formula is C37H59N5O12. The molecule has 17 heteroatoms. The molecule has 0 radical (unpaired) electrons. The third-order valence-electron chi connectivity index (χ3n) is 7.57. The molecule has 5 amide bonds. The summed E-state index contributed by atoms with van der Waals surface area (Å²) in [5.41, 5.74) is 0.929. The van der Waals surface area contributed by atoms with E-state index in [4.69, 9.17) is 23.7 Å². The number of benzene rings is 1. The van der Waals surface area contributed by atoms with E-state index in [1.165, 1.54) is 19.2 Å². The second kappa shape index (κ2) is 27.2. The summed E-state index contributed by atoms with van der Waals surface area (Å²) >= 11 is 0. The van der Waals surface area contributed by atoms with E-state index >= 15 is 0 Å². The second-order valence-corrected chi connectivity index (χ2v) is 13.1. The summed E-state index contributed by atoms with van der Waals surface area (Å²) in [6, 6.07) is 3.55. The van der Waals surface area contributed by atoms with Crippen molar-refractivity contribution in [3.05, 3.63) is 29.3 Å². The van der Waals surface area contributed by atoms with Gasteiger partial charge in [0.2, 0.25) is 23.6 Å². The normalized spacial score (nSPS) is 11.6. The minimum atomic E-state index is -0.983. The van der Waals surface area contributed by atoms with Crippen molar-refractivity contribution in [1.29, 1.82) is 0 Å². The molecule has 1 rings (SSSR count). The van der Waals surface area contributed by atoms with Gasteiger partial charge in [0, 0.05) is 42.6 Å². The Labute approximate surface area is 317 Å². The Bertz CT molecular complexity index is 1370. The van der Waals surface area contributed by atoms with Crippen LogP contribution in [0.5, 0.6) is 0 Å². The molecule has 0 heterocycles. The highest BCUT2D eigenvalue weighted by Gasteiger charge is 2.25. The standard InChI is InChI=1S/C37H59N5O12/c1-24(2)30(43)10-12-50-14-16-52-18-19-53-17-15-51-13-11-31(44)39-21-33(46)42-34(25(3)4)36(48)40-22-32(45)41-28-9-8-27(23-54-37(49)26(5)6)29(20-28)35(47)38-7/h8-9,20,24-26,34H,10-19,21-23H2,1-7H3,(H,38,47)(H,39,44)(H,40,48)(H,41,45)(H,42,46). The average Bonchev–Trinajstić information content (AvgIpc) is 3.13. The third-order valence-corrected chi connectivity index (χ3v) is 7.57. The van der Waals surface area contributed by atoms with Crippen molar-refractivity contribution in [3.8, 4) is 0 Å². The number of Topliss-reactive ketones (excluding diaryl/α,β-unsaturated/α-hetero) is 1. The van der Waals surface area contributed by atoms with Crippen LogP contribution >= 0.6 is 0 Å². The van der Waals surface area contributed by atoms with E-state index < -0.39 is 48.1 Å². The lowest BCUT2D eigenvalue weighted by Gasteiger charge is -2.21. The van der Waals surface area contributed by atoms with Gasteiger partial charge in [-0.25, -0.2) is 0 Å². The summed E-state index contributed by atoms with van der Waals surface area (Å²) < 4.78 is 26.8. The SMILES string of the molecule is CNC(=O)c1cc(NC(=O)CNC(=O)C(NC(=O)CNC(=O)CCOCCOCCOCCOCCC(=O)C(C)C)C(C)C)ccc1COC(=O)C(C)C. The van der Waals surface area contributed by atoms with E-state index in [2.05, 4.69) is 26.6 Å². The number of rotatable bonds is 28. The Hall–Kier alpha value is -4.45. The van der Waals surface area contributed by atoms with Gasteiger partial charge in [0.05, 0.1) is 71.9 Å². The second-order valence-electron chi connectivity index (χ2n) is 13.1. The third kappa shape index (κ3) is 20.7. The van der Waals surface area contributed by atoms with E-state index in [0.29, 0.717) is 51.6 Å². The fourth-order valence-corrected chi connectivity index (χ4v) is 4.34. The molecule has 17 nitrogen and oxygen atoms in total. The Morgan fingerprint density at radius 2 is 1.20 bits per heavy atom. The highest BCUT2D eigenvalue weighted by atomic mass is 16.6. The highest BCUT2D eigenvalue weighted by molar-refractivity contribution is 5.99. The van der Waals surface area contributed by atoms with Crippen LogP contribution in [0.15, 0.2) is 18.2 Å². The maximum atomic E-state index is 12.9. The van der Waals surface area contributed by atoms with Gasteiger partial charge >= 0.3 is 5.97 Å². The summed E-state index contributed by atoms with van der Waals surface area (Å²) in [5, 5.41) is 12.7. The fraction of sp³-hybridized carbons (Fsp3) is 0.649. The van der Waals surface area contributed by atoms with Gasteiger partial charge in [-0.1, -0.05) is 47.6 Å². The van der Waals surface area contributed by atoms with Crippen LogP contribution in [0.3, 0.4) is 0 Å². The van der Waals surface area contributed by atoms with Crippen LogP contribution in [0.2, 0.25) is 0 Å². The average molecular weight is 766 g/mol. The number of ketones is 1. The van der Waals surface area contributed by atoms with Crippen LogP contribution in [-0.4, -0.2) is 120 Å². The highest BCUT2D eigenvalue weighted by Crippen LogP contribution is 2.18. The van der Waals surface area contributed by atoms with Crippen molar-refractivity contribution in [1.82, 2.24) is 21.3 Å². The molecule has 54 heavy (non-hydrogen) atoms. The summed E-state index contributed by atoms with van der Waals surface area (Å²) in [7, 11) is 1.45. The van der Waals surface area contributed by atoms with Crippen LogP contribution in [0.1, 0.15) is 70.3 Å². The van der Waals surface area contributed by atoms with Crippen LogP contribution in [-0.2, 0) is 59.1 Å². The predicted molar refractivity (Wildman–Crippen MR) is 198 cm³/mol. The minimum Gasteiger partial charge on any atom is -0.461 e. The quantitative estimate of drug-likeness (QED) is 0.0598. The van der Waals surface area contributed by atoms with E-state index in [-0.39, 0.29) is 67.6 Å². The number of anilines is 1. The monoisotopic (exact) mass is 765 g/mol. The van der Waals surface area contributed by atoms with Gasteiger partial charge in [0.15, 0.2) is 0 Å². The summed E-state index contributed by atoms with van der Waals surface area (Å²) in [5.74, 6) is -3.55. The van der Waals surface area contributed by atoms with Crippen LogP contribution < -0.4 is 26.6 Å². The van der Waals surface area contributed by atoms with Gasteiger partial charge in [-0.3, -0.25) is 33.6 Å². The molecule has 1 aromatic carbocycles. The minimum absolute atomic E-state index is 0.0102. The molecule has 0 bridgehead atoms. The molecule has 0 aliphatic rings. The number of carbonyl (C=O) groups is 7. The first-order valence-corrected chi connectivity index (χ1v) is 18.1. The van der Waals surface area contributed by atoms with Gasteiger partial charge in [0.25, 0.3) is 5.91 Å². The summed E-state index contributed by atoms with van der Waals surface area (Å²) in [4.78, 5) is 86.0. The van der Waals surface area contributed by atoms with Crippen LogP contribution in [0.25, 0.3) is 0 Å². The lowest BCUT2D eigenvalue weighted by atomic mass is 10.0. The molecule has 0 fully saturated rings. The van der Waals surface area contributed by atoms with Gasteiger partial charge in [-0.2, -0.15) is 0 Å². The number of esters is 1. The first-order valence-electron chi connectivity index (χ1n) is 18.1. The first kappa shape index (κ1) is 47.6. The lowest BCUT2D eigenvalue weighted by molar-refractivity contribution is -0.148. The molecule has 0 aromatic heterocycles. The Morgan fingerprint density at radius 3 is 1.74 bits per heavy atom. The van der Waals surface area contributed by atoms with Gasteiger partial charge in [0.1, 0.15) is 18.4 Å². The van der Waals surface area contributed by atoms with Gasteiger partial charge in [-0.15, -0.1) is 0 Å². The molecule has 1 unspecified atom stereocenters. The van der Waals surface area contributed by atoms with E-state index in [9.17, 15) is 33.6 Å². The van der Waals surface area contributed by atoms with Crippen molar-refractivity contribution < 1.29 is 57.2 Å². The Kier molecular flexibility index (Phi) is 23.9. The molecule has 1 aromatic rings. The Balaban J connectivity index is 2.32. The van der Waals surface area contributed by atoms with Crippen LogP contribution in [0, 0.1) is 17.8 Å². The molecule has 0 aliphatic carbocycles. The number of amides is 5. The zero-order valence-electron chi connectivity index (χ0n) is 32.6. The maximum absolute atomic E-state index is 12.9. The van der Waals surface area contributed by atoms with Crippen molar-refractivity contribution in [3.63, 3.8) is 0 Å². The summed E-state index contributed by atoms with van der Waals surface area (Å²) in [6.45, 7) is 12.3. The molecule has 0 aliphatic heterocycles. The number of nitrogens with one attached hydrogen (secondary N) is 5. The molecule has 0 saturated heterocycles. The Morgan fingerprint density at radius 1 is 0.648 bits per heavy atom. The van der Waals surface area contributed by atoms with Crippen molar-refractivity contribution in [2.45, 2.75) is 67.0 Å².